The van der Waals surface area contributed by atoms with Crippen LogP contribution in [0.1, 0.15) is 30.6 Å². The van der Waals surface area contributed by atoms with Crippen LogP contribution in [0.25, 0.3) is 11.0 Å². The first kappa shape index (κ1) is 14.5. The van der Waals surface area contributed by atoms with Gasteiger partial charge in [-0.25, -0.2) is 0 Å². The van der Waals surface area contributed by atoms with Crippen molar-refractivity contribution in [3.05, 3.63) is 36.1 Å². The van der Waals surface area contributed by atoms with E-state index in [0.717, 1.165) is 5.39 Å². The van der Waals surface area contributed by atoms with E-state index in [1.165, 1.54) is 6.26 Å². The summed E-state index contributed by atoms with van der Waals surface area (Å²) in [6.45, 7) is 4.46. The minimum Gasteiger partial charge on any atom is -0.463 e. The van der Waals surface area contributed by atoms with Crippen molar-refractivity contribution in [2.75, 3.05) is 6.54 Å². The highest BCUT2D eigenvalue weighted by Gasteiger charge is 2.22. The number of benzene rings is 1. The van der Waals surface area contributed by atoms with Crippen LogP contribution in [0.4, 0.5) is 0 Å². The van der Waals surface area contributed by atoms with E-state index in [1.54, 1.807) is 4.90 Å². The quantitative estimate of drug-likeness (QED) is 0.860. The minimum absolute atomic E-state index is 0.0544. The lowest BCUT2D eigenvalue weighted by Gasteiger charge is -2.26. The number of para-hydroxylation sites is 1. The van der Waals surface area contributed by atoms with E-state index < -0.39 is 0 Å². The smallest absolute Gasteiger partial charge is 0.257 e. The van der Waals surface area contributed by atoms with Gasteiger partial charge in [-0.3, -0.25) is 4.79 Å². The number of nitrogens with two attached hydrogens (primary N) is 1. The summed E-state index contributed by atoms with van der Waals surface area (Å²) >= 11 is 4.89. The maximum Gasteiger partial charge on any atom is 0.257 e. The van der Waals surface area contributed by atoms with E-state index in [9.17, 15) is 4.79 Å². The molecule has 1 amide bonds. The van der Waals surface area contributed by atoms with Gasteiger partial charge in [-0.05, 0) is 19.9 Å². The van der Waals surface area contributed by atoms with Gasteiger partial charge in [-0.15, -0.1) is 0 Å². The van der Waals surface area contributed by atoms with Crippen LogP contribution in [0.15, 0.2) is 34.9 Å². The number of carbonyl (C=O) groups is 1. The molecule has 0 aliphatic carbocycles. The number of hydrogen-bond donors (Lipinski definition) is 1. The highest BCUT2D eigenvalue weighted by Crippen LogP contribution is 2.22. The largest absolute Gasteiger partial charge is 0.463 e. The number of carbonyl (C=O) groups excluding carboxylic acids is 1. The zero-order chi connectivity index (χ0) is 14.7. The molecule has 0 unspecified atom stereocenters. The van der Waals surface area contributed by atoms with Gasteiger partial charge in [-0.2, -0.15) is 0 Å². The molecule has 20 heavy (non-hydrogen) atoms. The molecule has 2 aromatic rings. The van der Waals surface area contributed by atoms with Crippen LogP contribution in [-0.2, 0) is 0 Å². The molecule has 0 aliphatic heterocycles. The molecule has 1 heterocycles. The Morgan fingerprint density at radius 3 is 2.75 bits per heavy atom. The van der Waals surface area contributed by atoms with Crippen LogP contribution in [0, 0.1) is 0 Å². The Hall–Kier alpha value is -1.88. The summed E-state index contributed by atoms with van der Waals surface area (Å²) in [6, 6.07) is 7.58. The van der Waals surface area contributed by atoms with Crippen molar-refractivity contribution in [3.8, 4) is 0 Å². The summed E-state index contributed by atoms with van der Waals surface area (Å²) in [7, 11) is 0. The van der Waals surface area contributed by atoms with Crippen molar-refractivity contribution in [2.45, 2.75) is 26.3 Å². The van der Waals surface area contributed by atoms with Gasteiger partial charge >= 0.3 is 0 Å². The zero-order valence-electron chi connectivity index (χ0n) is 11.6. The molecule has 2 N–H and O–H groups in total. The predicted molar refractivity (Wildman–Crippen MR) is 83.8 cm³/mol. The maximum absolute atomic E-state index is 12.7. The van der Waals surface area contributed by atoms with E-state index in [2.05, 4.69) is 0 Å². The fourth-order valence-corrected chi connectivity index (χ4v) is 2.21. The number of thiocarbonyl (C=S) groups is 1. The Kier molecular flexibility index (Phi) is 4.39. The molecular weight excluding hydrogens is 272 g/mol. The highest BCUT2D eigenvalue weighted by atomic mass is 32.1. The highest BCUT2D eigenvalue weighted by molar-refractivity contribution is 7.80. The van der Waals surface area contributed by atoms with Crippen LogP contribution in [0.5, 0.6) is 0 Å². The zero-order valence-corrected chi connectivity index (χ0v) is 12.4. The molecule has 0 saturated heterocycles. The summed E-state index contributed by atoms with van der Waals surface area (Å²) in [4.78, 5) is 14.8. The summed E-state index contributed by atoms with van der Waals surface area (Å²) < 4.78 is 5.43. The van der Waals surface area contributed by atoms with Gasteiger partial charge in [0.1, 0.15) is 11.8 Å². The molecule has 0 atom stereocenters. The Bertz CT molecular complexity index is 634. The number of rotatable bonds is 5. The fraction of sp³-hybridized carbons (Fsp3) is 0.333. The molecule has 0 fully saturated rings. The van der Waals surface area contributed by atoms with Crippen LogP contribution >= 0.6 is 12.2 Å². The molecule has 106 valence electrons. The van der Waals surface area contributed by atoms with Crippen molar-refractivity contribution in [1.82, 2.24) is 4.90 Å². The number of hydrogen-bond acceptors (Lipinski definition) is 3. The molecule has 0 aliphatic rings. The second kappa shape index (κ2) is 6.05. The molecule has 0 saturated carbocycles. The van der Waals surface area contributed by atoms with E-state index >= 15 is 0 Å². The molecule has 4 nitrogen and oxygen atoms in total. The molecule has 0 bridgehead atoms. The molecule has 0 spiro atoms. The third-order valence-electron chi connectivity index (χ3n) is 3.19. The first-order chi connectivity index (χ1) is 9.50. The predicted octanol–water partition coefficient (Wildman–Crippen LogP) is 2.96. The Balaban J connectivity index is 2.29. The van der Waals surface area contributed by atoms with Crippen molar-refractivity contribution in [1.29, 1.82) is 0 Å². The maximum atomic E-state index is 12.7. The molecule has 0 radical (unpaired) electrons. The third-order valence-corrected chi connectivity index (χ3v) is 3.40. The SMILES string of the molecule is CC(C)N(CCC(N)=S)C(=O)c1coc2ccccc12. The summed E-state index contributed by atoms with van der Waals surface area (Å²) in [6.07, 6.45) is 2.04. The Morgan fingerprint density at radius 2 is 2.10 bits per heavy atom. The van der Waals surface area contributed by atoms with Crippen LogP contribution < -0.4 is 5.73 Å². The van der Waals surface area contributed by atoms with Crippen LogP contribution in [-0.4, -0.2) is 28.4 Å². The second-order valence-electron chi connectivity index (χ2n) is 4.95. The molecule has 1 aromatic carbocycles. The van der Waals surface area contributed by atoms with E-state index in [4.69, 9.17) is 22.4 Å². The monoisotopic (exact) mass is 290 g/mol. The van der Waals surface area contributed by atoms with Crippen molar-refractivity contribution >= 4 is 34.1 Å². The lowest BCUT2D eigenvalue weighted by Crippen LogP contribution is -2.38. The molecule has 1 aromatic heterocycles. The van der Waals surface area contributed by atoms with Gasteiger partial charge < -0.3 is 15.1 Å². The number of fused-ring (bicyclic) bond motifs is 1. The second-order valence-corrected chi connectivity index (χ2v) is 5.48. The van der Waals surface area contributed by atoms with Crippen LogP contribution in [0.2, 0.25) is 0 Å². The summed E-state index contributed by atoms with van der Waals surface area (Å²) in [5, 5.41) is 0.832. The van der Waals surface area contributed by atoms with Gasteiger partial charge in [0.2, 0.25) is 0 Å². The Morgan fingerprint density at radius 1 is 1.40 bits per heavy atom. The van der Waals surface area contributed by atoms with Gasteiger partial charge in [0.05, 0.1) is 10.6 Å². The first-order valence-corrected chi connectivity index (χ1v) is 6.97. The topological polar surface area (TPSA) is 59.5 Å². The fourth-order valence-electron chi connectivity index (χ4n) is 2.12. The minimum atomic E-state index is -0.0544. The Labute approximate surface area is 123 Å². The molecular formula is C15H18N2O2S. The lowest BCUT2D eigenvalue weighted by molar-refractivity contribution is 0.0712. The van der Waals surface area contributed by atoms with Gasteiger partial charge in [0, 0.05) is 24.4 Å². The summed E-state index contributed by atoms with van der Waals surface area (Å²) in [5.41, 5.74) is 6.82. The van der Waals surface area contributed by atoms with Gasteiger partial charge in [-0.1, -0.05) is 30.4 Å². The van der Waals surface area contributed by atoms with E-state index in [0.29, 0.717) is 29.1 Å². The van der Waals surface area contributed by atoms with Crippen molar-refractivity contribution in [2.24, 2.45) is 5.73 Å². The van der Waals surface area contributed by atoms with Crippen molar-refractivity contribution < 1.29 is 9.21 Å². The van der Waals surface area contributed by atoms with Gasteiger partial charge in [0.15, 0.2) is 0 Å². The first-order valence-electron chi connectivity index (χ1n) is 6.56. The van der Waals surface area contributed by atoms with Crippen LogP contribution in [0.3, 0.4) is 0 Å². The van der Waals surface area contributed by atoms with E-state index in [-0.39, 0.29) is 11.9 Å². The molecule has 2 rings (SSSR count). The number of furan rings is 1. The average Bonchev–Trinajstić information content (AvgIpc) is 2.81. The lowest BCUT2D eigenvalue weighted by atomic mass is 10.1. The molecule has 5 heteroatoms. The number of nitrogens with zero attached hydrogens (tertiary/aromatic N) is 1. The van der Waals surface area contributed by atoms with Gasteiger partial charge in [0.25, 0.3) is 5.91 Å². The summed E-state index contributed by atoms with van der Waals surface area (Å²) in [5.74, 6) is -0.0544. The normalized spacial score (nSPS) is 10.9. The third kappa shape index (κ3) is 2.99. The standard InChI is InChI=1S/C15H18N2O2S/c1-10(2)17(8-7-14(16)20)15(18)12-9-19-13-6-4-3-5-11(12)13/h3-6,9-10H,7-8H2,1-2H3,(H2,16,20). The number of amides is 1. The van der Waals surface area contributed by atoms with Crippen molar-refractivity contribution in [3.63, 3.8) is 0 Å². The average molecular weight is 290 g/mol. The van der Waals surface area contributed by atoms with E-state index in [1.807, 2.05) is 38.1 Å².